The Labute approximate surface area is 117 Å². The van der Waals surface area contributed by atoms with Crippen molar-refractivity contribution in [3.05, 3.63) is 0 Å². The predicted octanol–water partition coefficient (Wildman–Crippen LogP) is 1.84. The van der Waals surface area contributed by atoms with E-state index >= 15 is 0 Å². The zero-order valence-corrected chi connectivity index (χ0v) is 11.5. The van der Waals surface area contributed by atoms with Crippen molar-refractivity contribution < 1.29 is 22.7 Å². The second-order valence-electron chi connectivity index (χ2n) is 5.34. The van der Waals surface area contributed by atoms with Gasteiger partial charge in [-0.05, 0) is 44.1 Å². The van der Waals surface area contributed by atoms with E-state index in [1.807, 2.05) is 0 Å². The van der Waals surface area contributed by atoms with Crippen molar-refractivity contribution in [2.24, 2.45) is 17.6 Å². The van der Waals surface area contributed by atoms with Crippen molar-refractivity contribution in [1.29, 1.82) is 0 Å². The molecule has 1 fully saturated rings. The third-order valence-electron chi connectivity index (χ3n) is 3.61. The average Bonchev–Trinajstić information content (AvgIpc) is 2.38. The molecule has 4 nitrogen and oxygen atoms in total. The minimum absolute atomic E-state index is 0.114. The van der Waals surface area contributed by atoms with Crippen molar-refractivity contribution in [3.63, 3.8) is 0 Å². The summed E-state index contributed by atoms with van der Waals surface area (Å²) in [5.74, 6) is 0.829. The molecule has 3 N–H and O–H groups in total. The van der Waals surface area contributed by atoms with Gasteiger partial charge in [-0.25, -0.2) is 0 Å². The van der Waals surface area contributed by atoms with Crippen molar-refractivity contribution in [1.82, 2.24) is 5.32 Å². The van der Waals surface area contributed by atoms with Gasteiger partial charge in [-0.3, -0.25) is 4.79 Å². The van der Waals surface area contributed by atoms with Crippen LogP contribution in [-0.2, 0) is 9.53 Å². The lowest BCUT2D eigenvalue weighted by Crippen LogP contribution is -2.31. The first-order chi connectivity index (χ1) is 9.40. The van der Waals surface area contributed by atoms with Gasteiger partial charge < -0.3 is 15.8 Å². The number of carbonyl (C=O) groups is 1. The number of ether oxygens (including phenoxy) is 1. The summed E-state index contributed by atoms with van der Waals surface area (Å²) in [6.45, 7) is -0.570. The van der Waals surface area contributed by atoms with Gasteiger partial charge in [-0.15, -0.1) is 0 Å². The first kappa shape index (κ1) is 17.2. The van der Waals surface area contributed by atoms with E-state index in [0.29, 0.717) is 24.8 Å². The summed E-state index contributed by atoms with van der Waals surface area (Å²) in [6.07, 6.45) is 0.244. The van der Waals surface area contributed by atoms with Crippen molar-refractivity contribution in [3.8, 4) is 0 Å². The quantitative estimate of drug-likeness (QED) is 0.705. The Bertz CT molecular complexity index is 290. The molecule has 0 unspecified atom stereocenters. The number of rotatable bonds is 7. The lowest BCUT2D eigenvalue weighted by Gasteiger charge is -2.27. The summed E-state index contributed by atoms with van der Waals surface area (Å²) < 4.78 is 39.8. The molecule has 20 heavy (non-hydrogen) atoms. The van der Waals surface area contributed by atoms with Crippen LogP contribution in [0.3, 0.4) is 0 Å². The van der Waals surface area contributed by atoms with E-state index in [9.17, 15) is 18.0 Å². The fourth-order valence-corrected chi connectivity index (χ4v) is 2.46. The highest BCUT2D eigenvalue weighted by atomic mass is 19.4. The molecule has 0 heterocycles. The van der Waals surface area contributed by atoms with Gasteiger partial charge in [0.15, 0.2) is 0 Å². The van der Waals surface area contributed by atoms with E-state index in [2.05, 4.69) is 10.1 Å². The Kier molecular flexibility index (Phi) is 7.29. The minimum Gasteiger partial charge on any atom is -0.370 e. The fraction of sp³-hybridized carbons (Fsp3) is 0.923. The number of hydrogen-bond donors (Lipinski definition) is 2. The van der Waals surface area contributed by atoms with Crippen LogP contribution >= 0.6 is 0 Å². The van der Waals surface area contributed by atoms with Gasteiger partial charge in [0.25, 0.3) is 0 Å². The average molecular weight is 296 g/mol. The maximum absolute atomic E-state index is 11.8. The van der Waals surface area contributed by atoms with Crippen LogP contribution in [-0.4, -0.2) is 38.4 Å². The largest absolute Gasteiger partial charge is 0.411 e. The monoisotopic (exact) mass is 296 g/mol. The lowest BCUT2D eigenvalue weighted by molar-refractivity contribution is -0.173. The molecule has 1 aliphatic carbocycles. The van der Waals surface area contributed by atoms with Gasteiger partial charge in [0.2, 0.25) is 5.91 Å². The highest BCUT2D eigenvalue weighted by Crippen LogP contribution is 2.29. The maximum Gasteiger partial charge on any atom is 0.411 e. The first-order valence-electron chi connectivity index (χ1n) is 7.02. The maximum atomic E-state index is 11.8. The third kappa shape index (κ3) is 7.69. The third-order valence-corrected chi connectivity index (χ3v) is 3.61. The Balaban J connectivity index is 2.03. The summed E-state index contributed by atoms with van der Waals surface area (Å²) in [5.41, 5.74) is 5.60. The molecule has 1 rings (SSSR count). The van der Waals surface area contributed by atoms with E-state index in [1.165, 1.54) is 0 Å². The van der Waals surface area contributed by atoms with Gasteiger partial charge in [0.1, 0.15) is 6.61 Å². The molecule has 0 bridgehead atoms. The smallest absolute Gasteiger partial charge is 0.370 e. The normalized spacial score (nSPS) is 23.6. The molecular formula is C13H23F3N2O2. The summed E-state index contributed by atoms with van der Waals surface area (Å²) in [5, 5.41) is 2.59. The van der Waals surface area contributed by atoms with Crippen LogP contribution in [0.1, 0.15) is 32.1 Å². The van der Waals surface area contributed by atoms with Crippen molar-refractivity contribution >= 4 is 5.91 Å². The second-order valence-corrected chi connectivity index (χ2v) is 5.34. The van der Waals surface area contributed by atoms with Gasteiger partial charge in [-0.1, -0.05) is 0 Å². The Hall–Kier alpha value is -0.820. The molecule has 1 aliphatic rings. The Morgan fingerprint density at radius 3 is 2.35 bits per heavy atom. The molecule has 7 heteroatoms. The summed E-state index contributed by atoms with van der Waals surface area (Å²) in [4.78, 5) is 11.6. The van der Waals surface area contributed by atoms with Gasteiger partial charge >= 0.3 is 6.18 Å². The highest BCUT2D eigenvalue weighted by Gasteiger charge is 2.27. The summed E-state index contributed by atoms with van der Waals surface area (Å²) in [6, 6.07) is 0. The summed E-state index contributed by atoms with van der Waals surface area (Å²) in [7, 11) is 0. The fourth-order valence-electron chi connectivity index (χ4n) is 2.46. The molecule has 0 aliphatic heterocycles. The number of nitrogens with one attached hydrogen (secondary N) is 1. The molecule has 0 saturated heterocycles. The van der Waals surface area contributed by atoms with Crippen LogP contribution in [0.4, 0.5) is 13.2 Å². The lowest BCUT2D eigenvalue weighted by atomic mass is 9.80. The molecule has 1 saturated carbocycles. The van der Waals surface area contributed by atoms with E-state index in [1.54, 1.807) is 0 Å². The van der Waals surface area contributed by atoms with Crippen LogP contribution in [0, 0.1) is 11.8 Å². The number of nitrogens with two attached hydrogens (primary N) is 1. The van der Waals surface area contributed by atoms with Crippen LogP contribution in [0.5, 0.6) is 0 Å². The standard InChI is InChI=1S/C13H23F3N2O2/c14-13(15,16)9-20-6-5-18-12(19)7-10-1-3-11(8-17)4-2-10/h10-11H,1-9,17H2,(H,18,19). The minimum atomic E-state index is -4.31. The number of halogens is 3. The van der Waals surface area contributed by atoms with Crippen molar-refractivity contribution in [2.75, 3.05) is 26.3 Å². The highest BCUT2D eigenvalue weighted by molar-refractivity contribution is 5.76. The molecule has 0 aromatic rings. The zero-order valence-electron chi connectivity index (χ0n) is 11.5. The number of carbonyl (C=O) groups excluding carboxylic acids is 1. The van der Waals surface area contributed by atoms with E-state index in [0.717, 1.165) is 25.7 Å². The van der Waals surface area contributed by atoms with E-state index < -0.39 is 12.8 Å². The number of hydrogen-bond acceptors (Lipinski definition) is 3. The molecule has 0 aromatic heterocycles. The second kappa shape index (κ2) is 8.46. The topological polar surface area (TPSA) is 64.4 Å². The predicted molar refractivity (Wildman–Crippen MR) is 69.0 cm³/mol. The number of alkyl halides is 3. The van der Waals surface area contributed by atoms with Crippen LogP contribution < -0.4 is 11.1 Å². The van der Waals surface area contributed by atoms with Gasteiger partial charge in [0, 0.05) is 13.0 Å². The molecular weight excluding hydrogens is 273 g/mol. The van der Waals surface area contributed by atoms with Crippen LogP contribution in [0.25, 0.3) is 0 Å². The zero-order chi connectivity index (χ0) is 15.0. The molecule has 0 spiro atoms. The van der Waals surface area contributed by atoms with Gasteiger partial charge in [0.05, 0.1) is 6.61 Å². The van der Waals surface area contributed by atoms with E-state index in [-0.39, 0.29) is 19.1 Å². The molecule has 0 radical (unpaired) electrons. The molecule has 0 aromatic carbocycles. The van der Waals surface area contributed by atoms with Crippen LogP contribution in [0.2, 0.25) is 0 Å². The van der Waals surface area contributed by atoms with Crippen molar-refractivity contribution in [2.45, 2.75) is 38.3 Å². The van der Waals surface area contributed by atoms with Gasteiger partial charge in [-0.2, -0.15) is 13.2 Å². The van der Waals surface area contributed by atoms with Crippen LogP contribution in [0.15, 0.2) is 0 Å². The SMILES string of the molecule is NCC1CCC(CC(=O)NCCOCC(F)(F)F)CC1. The number of amides is 1. The molecule has 1 amide bonds. The molecule has 0 atom stereocenters. The Morgan fingerprint density at radius 2 is 1.80 bits per heavy atom. The first-order valence-corrected chi connectivity index (χ1v) is 7.02. The Morgan fingerprint density at radius 1 is 1.20 bits per heavy atom. The molecule has 118 valence electrons. The van der Waals surface area contributed by atoms with E-state index in [4.69, 9.17) is 5.73 Å². The summed E-state index contributed by atoms with van der Waals surface area (Å²) >= 11 is 0.